The number of hydrogen-bond donors (Lipinski definition) is 1. The van der Waals surface area contributed by atoms with E-state index in [1.165, 1.54) is 0 Å². The molecule has 1 fully saturated rings. The standard InChI is InChI=1S/C16H20N2O2/c1-11-6-4-5-7-14(11)15(20)18-17-12-8-13(19)10-16(2,3)9-12/h4-7H,8-10H2,1-3H3,(H,18,20)/b17-12+. The Balaban J connectivity index is 2.08. The van der Waals surface area contributed by atoms with E-state index in [4.69, 9.17) is 0 Å². The van der Waals surface area contributed by atoms with E-state index in [-0.39, 0.29) is 17.1 Å². The number of ketones is 1. The van der Waals surface area contributed by atoms with Crippen molar-refractivity contribution in [2.24, 2.45) is 10.5 Å². The van der Waals surface area contributed by atoms with Gasteiger partial charge in [-0.2, -0.15) is 5.10 Å². The Hall–Kier alpha value is -1.97. The number of nitrogens with one attached hydrogen (secondary N) is 1. The van der Waals surface area contributed by atoms with Gasteiger partial charge in [-0.1, -0.05) is 32.0 Å². The molecule has 0 atom stereocenters. The minimum absolute atomic E-state index is 0.0679. The van der Waals surface area contributed by atoms with Gasteiger partial charge in [-0.3, -0.25) is 9.59 Å². The van der Waals surface area contributed by atoms with Crippen LogP contribution in [-0.2, 0) is 4.79 Å². The molecule has 0 saturated heterocycles. The van der Waals surface area contributed by atoms with Crippen LogP contribution < -0.4 is 5.43 Å². The van der Waals surface area contributed by atoms with Gasteiger partial charge in [0.25, 0.3) is 5.91 Å². The normalized spacial score (nSPS) is 19.9. The van der Waals surface area contributed by atoms with E-state index in [1.54, 1.807) is 6.07 Å². The Labute approximate surface area is 119 Å². The smallest absolute Gasteiger partial charge is 0.271 e. The van der Waals surface area contributed by atoms with Crippen molar-refractivity contribution in [2.75, 3.05) is 0 Å². The fourth-order valence-corrected chi connectivity index (χ4v) is 2.60. The fraction of sp³-hybridized carbons (Fsp3) is 0.438. The first-order valence-electron chi connectivity index (χ1n) is 6.80. The highest BCUT2D eigenvalue weighted by Crippen LogP contribution is 2.31. The molecule has 0 unspecified atom stereocenters. The van der Waals surface area contributed by atoms with Crippen LogP contribution in [0.15, 0.2) is 29.4 Å². The molecule has 0 bridgehead atoms. The summed E-state index contributed by atoms with van der Waals surface area (Å²) in [5, 5.41) is 4.14. The second kappa shape index (κ2) is 5.57. The Morgan fingerprint density at radius 1 is 1.25 bits per heavy atom. The van der Waals surface area contributed by atoms with Crippen LogP contribution in [0.4, 0.5) is 0 Å². The number of aryl methyl sites for hydroxylation is 1. The highest BCUT2D eigenvalue weighted by Gasteiger charge is 2.30. The van der Waals surface area contributed by atoms with Crippen molar-refractivity contribution in [1.82, 2.24) is 5.43 Å². The number of hydrogen-bond acceptors (Lipinski definition) is 3. The Bertz CT molecular complexity index is 574. The lowest BCUT2D eigenvalue weighted by molar-refractivity contribution is -0.120. The second-order valence-corrected chi connectivity index (χ2v) is 6.17. The first kappa shape index (κ1) is 14.4. The third-order valence-corrected chi connectivity index (χ3v) is 3.46. The van der Waals surface area contributed by atoms with E-state index in [9.17, 15) is 9.59 Å². The van der Waals surface area contributed by atoms with Gasteiger partial charge in [0.15, 0.2) is 0 Å². The van der Waals surface area contributed by atoms with Crippen molar-refractivity contribution in [2.45, 2.75) is 40.0 Å². The van der Waals surface area contributed by atoms with Crippen molar-refractivity contribution in [1.29, 1.82) is 0 Å². The molecule has 4 nitrogen and oxygen atoms in total. The van der Waals surface area contributed by atoms with Crippen molar-refractivity contribution in [3.8, 4) is 0 Å². The summed E-state index contributed by atoms with van der Waals surface area (Å²) in [5.41, 5.74) is 4.77. The van der Waals surface area contributed by atoms with E-state index < -0.39 is 0 Å². The van der Waals surface area contributed by atoms with E-state index in [2.05, 4.69) is 10.5 Å². The molecule has 0 aromatic heterocycles. The molecule has 4 heteroatoms. The number of Topliss-reactive ketones (excluding diaryl/α,β-unsaturated/α-hetero) is 1. The lowest BCUT2D eigenvalue weighted by atomic mass is 9.76. The van der Waals surface area contributed by atoms with Crippen LogP contribution in [0.1, 0.15) is 49.0 Å². The molecule has 1 amide bonds. The molecule has 1 saturated carbocycles. The molecular formula is C16H20N2O2. The van der Waals surface area contributed by atoms with Crippen molar-refractivity contribution < 1.29 is 9.59 Å². The first-order chi connectivity index (χ1) is 9.37. The maximum Gasteiger partial charge on any atom is 0.271 e. The third-order valence-electron chi connectivity index (χ3n) is 3.46. The van der Waals surface area contributed by atoms with Gasteiger partial charge < -0.3 is 0 Å². The summed E-state index contributed by atoms with van der Waals surface area (Å²) in [6.07, 6.45) is 1.67. The summed E-state index contributed by atoms with van der Waals surface area (Å²) < 4.78 is 0. The maximum atomic E-state index is 12.0. The van der Waals surface area contributed by atoms with Crippen molar-refractivity contribution in [3.63, 3.8) is 0 Å². The van der Waals surface area contributed by atoms with Crippen LogP contribution >= 0.6 is 0 Å². The molecule has 0 radical (unpaired) electrons. The highest BCUT2D eigenvalue weighted by atomic mass is 16.2. The summed E-state index contributed by atoms with van der Waals surface area (Å²) in [6.45, 7) is 5.97. The minimum Gasteiger partial charge on any atom is -0.299 e. The Kier molecular flexibility index (Phi) is 4.02. The van der Waals surface area contributed by atoms with Crippen LogP contribution in [0.2, 0.25) is 0 Å². The highest BCUT2D eigenvalue weighted by molar-refractivity contribution is 6.05. The Morgan fingerprint density at radius 2 is 1.95 bits per heavy atom. The lowest BCUT2D eigenvalue weighted by Crippen LogP contribution is -2.31. The molecule has 0 heterocycles. The van der Waals surface area contributed by atoms with E-state index >= 15 is 0 Å². The van der Waals surface area contributed by atoms with E-state index in [0.717, 1.165) is 17.7 Å². The van der Waals surface area contributed by atoms with Gasteiger partial charge in [-0.25, -0.2) is 5.43 Å². The van der Waals surface area contributed by atoms with Crippen LogP contribution in [0.3, 0.4) is 0 Å². The second-order valence-electron chi connectivity index (χ2n) is 6.17. The van der Waals surface area contributed by atoms with Crippen LogP contribution in [0, 0.1) is 12.3 Å². The molecule has 0 spiro atoms. The number of amides is 1. The molecule has 1 aliphatic carbocycles. The summed E-state index contributed by atoms with van der Waals surface area (Å²) in [4.78, 5) is 23.7. The largest absolute Gasteiger partial charge is 0.299 e. The van der Waals surface area contributed by atoms with E-state index in [0.29, 0.717) is 18.4 Å². The van der Waals surface area contributed by atoms with Gasteiger partial charge in [0.05, 0.1) is 0 Å². The average molecular weight is 272 g/mol. The summed E-state index contributed by atoms with van der Waals surface area (Å²) >= 11 is 0. The van der Waals surface area contributed by atoms with Gasteiger partial charge in [0.1, 0.15) is 5.78 Å². The monoisotopic (exact) mass is 272 g/mol. The number of carbonyl (C=O) groups excluding carboxylic acids is 2. The van der Waals surface area contributed by atoms with Crippen molar-refractivity contribution in [3.05, 3.63) is 35.4 Å². The lowest BCUT2D eigenvalue weighted by Gasteiger charge is -2.29. The summed E-state index contributed by atoms with van der Waals surface area (Å²) in [7, 11) is 0. The summed E-state index contributed by atoms with van der Waals surface area (Å²) in [6, 6.07) is 7.36. The molecule has 1 aromatic carbocycles. The molecule has 0 aliphatic heterocycles. The zero-order valence-electron chi connectivity index (χ0n) is 12.2. The molecule has 1 N–H and O–H groups in total. The molecule has 1 aromatic rings. The molecule has 1 aliphatic rings. The predicted octanol–water partition coefficient (Wildman–Crippen LogP) is 2.86. The van der Waals surface area contributed by atoms with Gasteiger partial charge in [0.2, 0.25) is 0 Å². The topological polar surface area (TPSA) is 58.5 Å². The maximum absolute atomic E-state index is 12.0. The van der Waals surface area contributed by atoms with Crippen molar-refractivity contribution >= 4 is 17.4 Å². The van der Waals surface area contributed by atoms with Gasteiger partial charge in [-0.05, 0) is 30.4 Å². The predicted molar refractivity (Wildman–Crippen MR) is 78.7 cm³/mol. The quantitative estimate of drug-likeness (QED) is 0.842. The number of nitrogens with zero attached hydrogens (tertiary/aromatic N) is 1. The number of benzene rings is 1. The van der Waals surface area contributed by atoms with Gasteiger partial charge in [-0.15, -0.1) is 0 Å². The van der Waals surface area contributed by atoms with Gasteiger partial charge >= 0.3 is 0 Å². The first-order valence-corrected chi connectivity index (χ1v) is 6.80. The van der Waals surface area contributed by atoms with E-state index in [1.807, 2.05) is 39.0 Å². The number of rotatable bonds is 2. The summed E-state index contributed by atoms with van der Waals surface area (Å²) in [5.74, 6) is -0.0448. The number of carbonyl (C=O) groups is 2. The molecule has 106 valence electrons. The fourth-order valence-electron chi connectivity index (χ4n) is 2.60. The van der Waals surface area contributed by atoms with Crippen LogP contribution in [0.5, 0.6) is 0 Å². The molecule has 20 heavy (non-hydrogen) atoms. The average Bonchev–Trinajstić information content (AvgIpc) is 2.34. The van der Waals surface area contributed by atoms with Crippen LogP contribution in [-0.4, -0.2) is 17.4 Å². The third kappa shape index (κ3) is 3.53. The SMILES string of the molecule is Cc1ccccc1C(=O)N/N=C1\CC(=O)CC(C)(C)C1. The van der Waals surface area contributed by atoms with Crippen LogP contribution in [0.25, 0.3) is 0 Å². The number of hydrazone groups is 1. The zero-order chi connectivity index (χ0) is 14.8. The Morgan fingerprint density at radius 3 is 2.60 bits per heavy atom. The minimum atomic E-state index is -0.230. The molecular weight excluding hydrogens is 252 g/mol. The zero-order valence-corrected chi connectivity index (χ0v) is 12.2. The van der Waals surface area contributed by atoms with Gasteiger partial charge in [0, 0.05) is 24.1 Å². The molecule has 2 rings (SSSR count).